The SMILES string of the molecule is Cc1nc([C@@H]2CCCN(C(=O)c3cccc(F)c3)C2)nc(C)c1CC(=O)N(C)C. The van der Waals surface area contributed by atoms with Crippen LogP contribution in [0.1, 0.15) is 51.9 Å². The van der Waals surface area contributed by atoms with Gasteiger partial charge < -0.3 is 9.80 Å². The molecule has 1 aliphatic rings. The van der Waals surface area contributed by atoms with E-state index in [0.717, 1.165) is 29.8 Å². The Labute approximate surface area is 170 Å². The van der Waals surface area contributed by atoms with Crippen molar-refractivity contribution in [3.05, 3.63) is 58.4 Å². The molecule has 2 heterocycles. The second-order valence-electron chi connectivity index (χ2n) is 7.80. The zero-order valence-corrected chi connectivity index (χ0v) is 17.4. The van der Waals surface area contributed by atoms with E-state index in [-0.39, 0.29) is 24.2 Å². The number of benzene rings is 1. The normalized spacial score (nSPS) is 16.6. The van der Waals surface area contributed by atoms with Crippen LogP contribution in [0.25, 0.3) is 0 Å². The molecule has 1 aromatic heterocycles. The van der Waals surface area contributed by atoms with E-state index in [1.807, 2.05) is 13.8 Å². The maximum Gasteiger partial charge on any atom is 0.253 e. The average Bonchev–Trinajstić information content (AvgIpc) is 2.69. The fourth-order valence-corrected chi connectivity index (χ4v) is 3.69. The van der Waals surface area contributed by atoms with Crippen LogP contribution >= 0.6 is 0 Å². The largest absolute Gasteiger partial charge is 0.349 e. The molecule has 3 rings (SSSR count). The van der Waals surface area contributed by atoms with E-state index in [1.165, 1.54) is 12.1 Å². The van der Waals surface area contributed by atoms with Crippen LogP contribution in [-0.2, 0) is 11.2 Å². The third-order valence-corrected chi connectivity index (χ3v) is 5.41. The van der Waals surface area contributed by atoms with Gasteiger partial charge >= 0.3 is 0 Å². The summed E-state index contributed by atoms with van der Waals surface area (Å²) in [5, 5.41) is 0. The van der Waals surface area contributed by atoms with Crippen molar-refractivity contribution in [3.63, 3.8) is 0 Å². The van der Waals surface area contributed by atoms with Gasteiger partial charge in [-0.2, -0.15) is 0 Å². The lowest BCUT2D eigenvalue weighted by atomic mass is 9.95. The van der Waals surface area contributed by atoms with Crippen LogP contribution in [0.2, 0.25) is 0 Å². The van der Waals surface area contributed by atoms with Crippen molar-refractivity contribution in [1.82, 2.24) is 19.8 Å². The second-order valence-corrected chi connectivity index (χ2v) is 7.80. The monoisotopic (exact) mass is 398 g/mol. The molecule has 0 aliphatic carbocycles. The van der Waals surface area contributed by atoms with E-state index in [0.29, 0.717) is 24.5 Å². The fourth-order valence-electron chi connectivity index (χ4n) is 3.69. The zero-order valence-electron chi connectivity index (χ0n) is 17.4. The van der Waals surface area contributed by atoms with Crippen LogP contribution in [0, 0.1) is 19.7 Å². The number of halogens is 1. The lowest BCUT2D eigenvalue weighted by Crippen LogP contribution is -2.39. The van der Waals surface area contributed by atoms with Gasteiger partial charge in [0.25, 0.3) is 5.91 Å². The van der Waals surface area contributed by atoms with Gasteiger partial charge in [-0.15, -0.1) is 0 Å². The van der Waals surface area contributed by atoms with Gasteiger partial charge in [0.2, 0.25) is 5.91 Å². The molecule has 2 aromatic rings. The van der Waals surface area contributed by atoms with Crippen LogP contribution in [0.5, 0.6) is 0 Å². The summed E-state index contributed by atoms with van der Waals surface area (Å²) < 4.78 is 13.5. The number of hydrogen-bond donors (Lipinski definition) is 0. The molecule has 2 amide bonds. The molecule has 7 heteroatoms. The number of nitrogens with zero attached hydrogens (tertiary/aromatic N) is 4. The third-order valence-electron chi connectivity index (χ3n) is 5.41. The molecule has 0 unspecified atom stereocenters. The smallest absolute Gasteiger partial charge is 0.253 e. The Balaban J connectivity index is 1.78. The summed E-state index contributed by atoms with van der Waals surface area (Å²) in [6, 6.07) is 5.79. The van der Waals surface area contributed by atoms with Gasteiger partial charge in [-0.3, -0.25) is 9.59 Å². The molecule has 1 fully saturated rings. The molecule has 0 N–H and O–H groups in total. The highest BCUT2D eigenvalue weighted by molar-refractivity contribution is 5.94. The Kier molecular flexibility index (Phi) is 6.25. The number of hydrogen-bond acceptors (Lipinski definition) is 4. The fraction of sp³-hybridized carbons (Fsp3) is 0.455. The maximum absolute atomic E-state index is 13.5. The van der Waals surface area contributed by atoms with Crippen molar-refractivity contribution in [1.29, 1.82) is 0 Å². The number of carbonyl (C=O) groups is 2. The molecular formula is C22H27FN4O2. The first-order valence-corrected chi connectivity index (χ1v) is 9.85. The van der Waals surface area contributed by atoms with Gasteiger partial charge in [0.15, 0.2) is 0 Å². The first-order chi connectivity index (χ1) is 13.8. The molecule has 0 spiro atoms. The van der Waals surface area contributed by atoms with E-state index >= 15 is 0 Å². The molecule has 1 saturated heterocycles. The third kappa shape index (κ3) is 4.78. The Morgan fingerprint density at radius 1 is 1.21 bits per heavy atom. The number of likely N-dealkylation sites (tertiary alicyclic amines) is 1. The van der Waals surface area contributed by atoms with Crippen LogP contribution in [0.3, 0.4) is 0 Å². The highest BCUT2D eigenvalue weighted by atomic mass is 19.1. The molecule has 6 nitrogen and oxygen atoms in total. The van der Waals surface area contributed by atoms with Crippen molar-refractivity contribution in [3.8, 4) is 0 Å². The lowest BCUT2D eigenvalue weighted by Gasteiger charge is -2.32. The summed E-state index contributed by atoms with van der Waals surface area (Å²) in [7, 11) is 3.46. The molecular weight excluding hydrogens is 371 g/mol. The van der Waals surface area contributed by atoms with Crippen LogP contribution < -0.4 is 0 Å². The molecule has 1 aromatic carbocycles. The van der Waals surface area contributed by atoms with Crippen molar-refractivity contribution in [2.75, 3.05) is 27.2 Å². The maximum atomic E-state index is 13.5. The summed E-state index contributed by atoms with van der Waals surface area (Å²) in [5.74, 6) is 0.157. The average molecular weight is 398 g/mol. The predicted octanol–water partition coefficient (Wildman–Crippen LogP) is 2.88. The van der Waals surface area contributed by atoms with Crippen molar-refractivity contribution in [2.24, 2.45) is 0 Å². The predicted molar refractivity (Wildman–Crippen MR) is 108 cm³/mol. The zero-order chi connectivity index (χ0) is 21.1. The lowest BCUT2D eigenvalue weighted by molar-refractivity contribution is -0.128. The van der Waals surface area contributed by atoms with Gasteiger partial charge in [0.05, 0.1) is 6.42 Å². The Morgan fingerprint density at radius 2 is 1.90 bits per heavy atom. The minimum absolute atomic E-state index is 0.0112. The summed E-state index contributed by atoms with van der Waals surface area (Å²) >= 11 is 0. The molecule has 0 radical (unpaired) electrons. The van der Waals surface area contributed by atoms with E-state index in [4.69, 9.17) is 0 Å². The molecule has 29 heavy (non-hydrogen) atoms. The van der Waals surface area contributed by atoms with Crippen molar-refractivity contribution < 1.29 is 14.0 Å². The highest BCUT2D eigenvalue weighted by Gasteiger charge is 2.28. The van der Waals surface area contributed by atoms with Gasteiger partial charge in [-0.1, -0.05) is 6.07 Å². The number of rotatable bonds is 4. The number of piperidine rings is 1. The van der Waals surface area contributed by atoms with Gasteiger partial charge in [-0.05, 0) is 44.9 Å². The molecule has 1 atom stereocenters. The van der Waals surface area contributed by atoms with E-state index < -0.39 is 5.82 Å². The number of aromatic nitrogens is 2. The Bertz CT molecular complexity index is 906. The number of carbonyl (C=O) groups excluding carboxylic acids is 2. The second kappa shape index (κ2) is 8.68. The van der Waals surface area contributed by atoms with Crippen LogP contribution in [-0.4, -0.2) is 58.8 Å². The number of likely N-dealkylation sites (N-methyl/N-ethyl adjacent to an activating group) is 1. The number of amides is 2. The highest BCUT2D eigenvalue weighted by Crippen LogP contribution is 2.27. The summed E-state index contributed by atoms with van der Waals surface area (Å²) in [6.07, 6.45) is 2.01. The Morgan fingerprint density at radius 3 is 2.52 bits per heavy atom. The van der Waals surface area contributed by atoms with E-state index in [2.05, 4.69) is 9.97 Å². The first kappa shape index (κ1) is 20.9. The van der Waals surface area contributed by atoms with Crippen molar-refractivity contribution >= 4 is 11.8 Å². The first-order valence-electron chi connectivity index (χ1n) is 9.85. The summed E-state index contributed by atoms with van der Waals surface area (Å²) in [4.78, 5) is 37.5. The van der Waals surface area contributed by atoms with Gasteiger partial charge in [-0.25, -0.2) is 14.4 Å². The minimum Gasteiger partial charge on any atom is -0.349 e. The van der Waals surface area contributed by atoms with Gasteiger partial charge in [0.1, 0.15) is 11.6 Å². The summed E-state index contributed by atoms with van der Waals surface area (Å²) in [6.45, 7) is 4.94. The molecule has 0 bridgehead atoms. The van der Waals surface area contributed by atoms with Crippen LogP contribution in [0.15, 0.2) is 24.3 Å². The Hall–Kier alpha value is -2.83. The van der Waals surface area contributed by atoms with Crippen molar-refractivity contribution in [2.45, 2.75) is 39.0 Å². The summed E-state index contributed by atoms with van der Waals surface area (Å²) in [5.41, 5.74) is 2.82. The topological polar surface area (TPSA) is 66.4 Å². The number of aryl methyl sites for hydroxylation is 2. The molecule has 0 saturated carbocycles. The standard InChI is InChI=1S/C22H27FN4O2/c1-14-19(12-20(28)26(3)4)15(2)25-21(24-14)17-8-6-10-27(13-17)22(29)16-7-5-9-18(23)11-16/h5,7,9,11,17H,6,8,10,12-13H2,1-4H3/t17-/m1/s1. The minimum atomic E-state index is -0.415. The van der Waals surface area contributed by atoms with E-state index in [9.17, 15) is 14.0 Å². The molecule has 1 aliphatic heterocycles. The van der Waals surface area contributed by atoms with E-state index in [1.54, 1.807) is 36.0 Å². The quantitative estimate of drug-likeness (QED) is 0.794. The van der Waals surface area contributed by atoms with Gasteiger partial charge in [0, 0.05) is 55.6 Å². The van der Waals surface area contributed by atoms with Crippen LogP contribution in [0.4, 0.5) is 4.39 Å². The molecule has 154 valence electrons.